The third-order valence-electron chi connectivity index (χ3n) is 3.59. The molecule has 0 bridgehead atoms. The van der Waals surface area contributed by atoms with Gasteiger partial charge in [0.2, 0.25) is 5.91 Å². The zero-order chi connectivity index (χ0) is 13.8. The highest BCUT2D eigenvalue weighted by Gasteiger charge is 2.28. The van der Waals surface area contributed by atoms with Crippen molar-refractivity contribution >= 4 is 11.6 Å². The quantitative estimate of drug-likeness (QED) is 0.779. The van der Waals surface area contributed by atoms with E-state index in [9.17, 15) is 4.79 Å². The number of amides is 1. The van der Waals surface area contributed by atoms with Gasteiger partial charge >= 0.3 is 0 Å². The molecule has 19 heavy (non-hydrogen) atoms. The summed E-state index contributed by atoms with van der Waals surface area (Å²) < 4.78 is 0. The van der Waals surface area contributed by atoms with E-state index in [0.29, 0.717) is 6.04 Å². The molecule has 1 aliphatic rings. The smallest absolute Gasteiger partial charge is 0.242 e. The van der Waals surface area contributed by atoms with E-state index in [1.54, 1.807) is 0 Å². The number of aryl methyl sites for hydroxylation is 2. The predicted molar refractivity (Wildman–Crippen MR) is 77.9 cm³/mol. The lowest BCUT2D eigenvalue weighted by atomic mass is 10.1. The van der Waals surface area contributed by atoms with Crippen molar-refractivity contribution in [3.63, 3.8) is 0 Å². The van der Waals surface area contributed by atoms with E-state index in [2.05, 4.69) is 29.2 Å². The normalized spacial score (nSPS) is 22.5. The summed E-state index contributed by atoms with van der Waals surface area (Å²) in [5.74, 6) is 0.0415. The summed E-state index contributed by atoms with van der Waals surface area (Å²) in [6.07, 6.45) is 3.08. The Morgan fingerprint density at radius 2 is 2.16 bits per heavy atom. The second kappa shape index (κ2) is 6.17. The van der Waals surface area contributed by atoms with Gasteiger partial charge in [-0.3, -0.25) is 10.2 Å². The van der Waals surface area contributed by atoms with Crippen LogP contribution in [0.5, 0.6) is 0 Å². The summed E-state index contributed by atoms with van der Waals surface area (Å²) in [5.41, 5.74) is 9.43. The molecule has 0 aliphatic carbocycles. The fourth-order valence-electron chi connectivity index (χ4n) is 2.42. The molecule has 104 valence electrons. The first-order valence-corrected chi connectivity index (χ1v) is 6.99. The van der Waals surface area contributed by atoms with E-state index in [1.807, 2.05) is 26.0 Å². The SMILES string of the molecule is CCCC1CC(C(=O)Nc2cc(C)ccc2C)NN1. The minimum atomic E-state index is -0.142. The highest BCUT2D eigenvalue weighted by Crippen LogP contribution is 2.18. The number of hydrogen-bond donors (Lipinski definition) is 3. The van der Waals surface area contributed by atoms with Crippen molar-refractivity contribution in [2.75, 3.05) is 5.32 Å². The Bertz CT molecular complexity index is 459. The van der Waals surface area contributed by atoms with E-state index >= 15 is 0 Å². The summed E-state index contributed by atoms with van der Waals surface area (Å²) in [7, 11) is 0. The van der Waals surface area contributed by atoms with Gasteiger partial charge in [0.25, 0.3) is 0 Å². The topological polar surface area (TPSA) is 53.2 Å². The first-order chi connectivity index (χ1) is 9.10. The van der Waals surface area contributed by atoms with Gasteiger partial charge in [0.05, 0.1) is 0 Å². The highest BCUT2D eigenvalue weighted by atomic mass is 16.2. The molecule has 4 heteroatoms. The van der Waals surface area contributed by atoms with Crippen molar-refractivity contribution in [2.45, 2.75) is 52.1 Å². The number of benzene rings is 1. The molecular formula is C15H23N3O. The molecular weight excluding hydrogens is 238 g/mol. The van der Waals surface area contributed by atoms with Crippen LogP contribution in [-0.2, 0) is 4.79 Å². The maximum atomic E-state index is 12.2. The molecule has 1 heterocycles. The third-order valence-corrected chi connectivity index (χ3v) is 3.59. The molecule has 2 atom stereocenters. The lowest BCUT2D eigenvalue weighted by Crippen LogP contribution is -2.40. The van der Waals surface area contributed by atoms with Gasteiger partial charge in [-0.1, -0.05) is 25.5 Å². The summed E-state index contributed by atoms with van der Waals surface area (Å²) in [6.45, 7) is 6.20. The van der Waals surface area contributed by atoms with Crippen LogP contribution in [0.2, 0.25) is 0 Å². The van der Waals surface area contributed by atoms with Crippen molar-refractivity contribution in [3.05, 3.63) is 29.3 Å². The summed E-state index contributed by atoms with van der Waals surface area (Å²) >= 11 is 0. The molecule has 0 radical (unpaired) electrons. The molecule has 1 saturated heterocycles. The molecule has 1 amide bonds. The monoisotopic (exact) mass is 261 g/mol. The van der Waals surface area contributed by atoms with E-state index in [1.165, 1.54) is 0 Å². The van der Waals surface area contributed by atoms with Gasteiger partial charge in [-0.25, -0.2) is 5.43 Å². The Hall–Kier alpha value is -1.39. The average Bonchev–Trinajstić information content (AvgIpc) is 2.83. The van der Waals surface area contributed by atoms with Crippen molar-refractivity contribution in [1.29, 1.82) is 0 Å². The number of anilines is 1. The number of rotatable bonds is 4. The number of carbonyl (C=O) groups excluding carboxylic acids is 1. The van der Waals surface area contributed by atoms with Crippen LogP contribution in [-0.4, -0.2) is 18.0 Å². The minimum Gasteiger partial charge on any atom is -0.324 e. The van der Waals surface area contributed by atoms with Gasteiger partial charge < -0.3 is 5.32 Å². The Balaban J connectivity index is 1.96. The maximum absolute atomic E-state index is 12.2. The van der Waals surface area contributed by atoms with Crippen LogP contribution in [0.25, 0.3) is 0 Å². The number of hydrazine groups is 1. The summed E-state index contributed by atoms with van der Waals surface area (Å²) in [4.78, 5) is 12.2. The Morgan fingerprint density at radius 1 is 1.37 bits per heavy atom. The van der Waals surface area contributed by atoms with Crippen LogP contribution in [0.4, 0.5) is 5.69 Å². The molecule has 1 aliphatic heterocycles. The Labute approximate surface area is 114 Å². The zero-order valence-electron chi connectivity index (χ0n) is 11.9. The van der Waals surface area contributed by atoms with E-state index in [-0.39, 0.29) is 11.9 Å². The number of nitrogens with one attached hydrogen (secondary N) is 3. The van der Waals surface area contributed by atoms with Gasteiger partial charge in [-0.2, -0.15) is 0 Å². The molecule has 2 rings (SSSR count). The fourth-order valence-corrected chi connectivity index (χ4v) is 2.42. The number of hydrogen-bond acceptors (Lipinski definition) is 3. The Morgan fingerprint density at radius 3 is 2.89 bits per heavy atom. The molecule has 1 aromatic carbocycles. The van der Waals surface area contributed by atoms with E-state index < -0.39 is 0 Å². The molecule has 0 aromatic heterocycles. The van der Waals surface area contributed by atoms with Gasteiger partial charge in [0, 0.05) is 11.7 Å². The molecule has 3 N–H and O–H groups in total. The largest absolute Gasteiger partial charge is 0.324 e. The average molecular weight is 261 g/mol. The third kappa shape index (κ3) is 3.55. The zero-order valence-corrected chi connectivity index (χ0v) is 11.9. The van der Waals surface area contributed by atoms with Gasteiger partial charge in [-0.05, 0) is 43.9 Å². The molecule has 4 nitrogen and oxygen atoms in total. The number of carbonyl (C=O) groups is 1. The summed E-state index contributed by atoms with van der Waals surface area (Å²) in [6, 6.07) is 6.36. The van der Waals surface area contributed by atoms with Gasteiger partial charge in [0.1, 0.15) is 6.04 Å². The Kier molecular flexibility index (Phi) is 4.56. The lowest BCUT2D eigenvalue weighted by molar-refractivity contribution is -0.117. The van der Waals surface area contributed by atoms with Crippen LogP contribution in [0.3, 0.4) is 0 Å². The van der Waals surface area contributed by atoms with Crippen molar-refractivity contribution in [2.24, 2.45) is 0 Å². The van der Waals surface area contributed by atoms with Gasteiger partial charge in [0.15, 0.2) is 0 Å². The maximum Gasteiger partial charge on any atom is 0.242 e. The molecule has 2 unspecified atom stereocenters. The van der Waals surface area contributed by atoms with Gasteiger partial charge in [-0.15, -0.1) is 0 Å². The standard InChI is InChI=1S/C15H23N3O/c1-4-5-12-9-14(18-17-12)15(19)16-13-8-10(2)6-7-11(13)3/h6-8,12,14,17-18H,4-5,9H2,1-3H3,(H,16,19). The van der Waals surface area contributed by atoms with E-state index in [4.69, 9.17) is 0 Å². The van der Waals surface area contributed by atoms with Crippen LogP contribution >= 0.6 is 0 Å². The van der Waals surface area contributed by atoms with Crippen molar-refractivity contribution in [3.8, 4) is 0 Å². The minimum absolute atomic E-state index is 0.0415. The van der Waals surface area contributed by atoms with Crippen molar-refractivity contribution < 1.29 is 4.79 Å². The van der Waals surface area contributed by atoms with Crippen LogP contribution in [0.15, 0.2) is 18.2 Å². The lowest BCUT2D eigenvalue weighted by Gasteiger charge is -2.13. The fraction of sp³-hybridized carbons (Fsp3) is 0.533. The second-order valence-corrected chi connectivity index (χ2v) is 5.37. The molecule has 0 saturated carbocycles. The first-order valence-electron chi connectivity index (χ1n) is 6.99. The molecule has 1 aromatic rings. The van der Waals surface area contributed by atoms with E-state index in [0.717, 1.165) is 36.1 Å². The van der Waals surface area contributed by atoms with Crippen LogP contribution < -0.4 is 16.2 Å². The summed E-state index contributed by atoms with van der Waals surface area (Å²) in [5, 5.41) is 3.01. The highest BCUT2D eigenvalue weighted by molar-refractivity contribution is 5.95. The van der Waals surface area contributed by atoms with Crippen LogP contribution in [0, 0.1) is 13.8 Å². The second-order valence-electron chi connectivity index (χ2n) is 5.37. The first kappa shape index (κ1) is 14.0. The predicted octanol–water partition coefficient (Wildman–Crippen LogP) is 2.28. The van der Waals surface area contributed by atoms with Crippen molar-refractivity contribution in [1.82, 2.24) is 10.9 Å². The molecule has 1 fully saturated rings. The van der Waals surface area contributed by atoms with Crippen LogP contribution in [0.1, 0.15) is 37.3 Å². The molecule has 0 spiro atoms.